The van der Waals surface area contributed by atoms with E-state index in [-0.39, 0.29) is 0 Å². The van der Waals surface area contributed by atoms with Crippen LogP contribution in [-0.4, -0.2) is 18.1 Å². The van der Waals surface area contributed by atoms with Crippen LogP contribution in [0.2, 0.25) is 0 Å². The summed E-state index contributed by atoms with van der Waals surface area (Å²) in [7, 11) is 0. The van der Waals surface area contributed by atoms with Crippen molar-refractivity contribution in [1.29, 1.82) is 0 Å². The van der Waals surface area contributed by atoms with Crippen molar-refractivity contribution in [2.24, 2.45) is 5.41 Å². The Morgan fingerprint density at radius 3 is 2.84 bits per heavy atom. The molecule has 0 atom stereocenters. The molecule has 2 N–H and O–H groups in total. The summed E-state index contributed by atoms with van der Waals surface area (Å²) in [5.41, 5.74) is 8.22. The van der Waals surface area contributed by atoms with Crippen molar-refractivity contribution in [3.05, 3.63) is 18.2 Å². The number of hydrogen-bond donors (Lipinski definition) is 1. The molecular formula is C15H21N3S. The normalized spacial score (nSPS) is 18.3. The predicted molar refractivity (Wildman–Crippen MR) is 83.9 cm³/mol. The van der Waals surface area contributed by atoms with Gasteiger partial charge >= 0.3 is 0 Å². The molecule has 2 aromatic rings. The topological polar surface area (TPSA) is 42.2 Å². The summed E-state index contributed by atoms with van der Waals surface area (Å²) in [5.74, 6) is 0. The highest BCUT2D eigenvalue weighted by atomic mass is 32.1. The SMILES string of the molecule is CCC1(CC)CCN(c2nc3ccc(N)cc3s2)C1. The lowest BCUT2D eigenvalue weighted by Gasteiger charge is -2.26. The van der Waals surface area contributed by atoms with E-state index in [2.05, 4.69) is 18.7 Å². The highest BCUT2D eigenvalue weighted by Gasteiger charge is 2.35. The van der Waals surface area contributed by atoms with E-state index < -0.39 is 0 Å². The smallest absolute Gasteiger partial charge is 0.186 e. The molecule has 4 heteroatoms. The first-order valence-corrected chi connectivity index (χ1v) is 7.88. The fraction of sp³-hybridized carbons (Fsp3) is 0.533. The maximum absolute atomic E-state index is 5.84. The number of hydrogen-bond acceptors (Lipinski definition) is 4. The summed E-state index contributed by atoms with van der Waals surface area (Å²) in [6.45, 7) is 6.91. The summed E-state index contributed by atoms with van der Waals surface area (Å²) in [4.78, 5) is 7.21. The number of nitrogen functional groups attached to an aromatic ring is 1. The van der Waals surface area contributed by atoms with E-state index in [4.69, 9.17) is 10.7 Å². The Morgan fingerprint density at radius 2 is 2.16 bits per heavy atom. The van der Waals surface area contributed by atoms with Gasteiger partial charge in [0.05, 0.1) is 10.2 Å². The van der Waals surface area contributed by atoms with Crippen LogP contribution in [0.25, 0.3) is 10.2 Å². The van der Waals surface area contributed by atoms with Gasteiger partial charge in [0.1, 0.15) is 0 Å². The van der Waals surface area contributed by atoms with Crippen molar-refractivity contribution < 1.29 is 0 Å². The predicted octanol–water partition coefficient (Wildman–Crippen LogP) is 3.90. The van der Waals surface area contributed by atoms with Gasteiger partial charge in [-0.2, -0.15) is 0 Å². The summed E-state index contributed by atoms with van der Waals surface area (Å²) in [6.07, 6.45) is 3.81. The molecule has 2 heterocycles. The molecule has 1 aromatic heterocycles. The Hall–Kier alpha value is -1.29. The monoisotopic (exact) mass is 275 g/mol. The van der Waals surface area contributed by atoms with Gasteiger partial charge < -0.3 is 10.6 Å². The number of nitrogens with two attached hydrogens (primary N) is 1. The standard InChI is InChI=1S/C15H21N3S/c1-3-15(4-2)7-8-18(10-15)14-17-12-6-5-11(16)9-13(12)19-14/h5-6,9H,3-4,7-8,10,16H2,1-2H3. The van der Waals surface area contributed by atoms with Gasteiger partial charge in [-0.05, 0) is 42.9 Å². The third-order valence-electron chi connectivity index (χ3n) is 4.61. The molecule has 1 aliphatic heterocycles. The van der Waals surface area contributed by atoms with Gasteiger partial charge in [0.25, 0.3) is 0 Å². The first kappa shape index (κ1) is 12.7. The number of thiazole rings is 1. The second-order valence-corrected chi connectivity index (χ2v) is 6.61. The number of rotatable bonds is 3. The van der Waals surface area contributed by atoms with Crippen LogP contribution in [0, 0.1) is 5.41 Å². The van der Waals surface area contributed by atoms with E-state index in [1.165, 1.54) is 24.0 Å². The molecule has 1 aliphatic rings. The van der Waals surface area contributed by atoms with Crippen LogP contribution in [0.3, 0.4) is 0 Å². The van der Waals surface area contributed by atoms with Crippen LogP contribution in [0.1, 0.15) is 33.1 Å². The number of aromatic nitrogens is 1. The highest BCUT2D eigenvalue weighted by molar-refractivity contribution is 7.22. The van der Waals surface area contributed by atoms with Crippen molar-refractivity contribution in [1.82, 2.24) is 4.98 Å². The number of nitrogens with zero attached hydrogens (tertiary/aromatic N) is 2. The second kappa shape index (κ2) is 4.67. The molecule has 0 aliphatic carbocycles. The van der Waals surface area contributed by atoms with Crippen molar-refractivity contribution in [2.75, 3.05) is 23.7 Å². The van der Waals surface area contributed by atoms with Crippen molar-refractivity contribution in [3.8, 4) is 0 Å². The van der Waals surface area contributed by atoms with Gasteiger partial charge in [-0.25, -0.2) is 4.98 Å². The van der Waals surface area contributed by atoms with Crippen LogP contribution in [-0.2, 0) is 0 Å². The molecule has 0 unspecified atom stereocenters. The zero-order valence-corrected chi connectivity index (χ0v) is 12.5. The minimum atomic E-state index is 0.497. The van der Waals surface area contributed by atoms with Gasteiger partial charge in [0.2, 0.25) is 0 Å². The zero-order chi connectivity index (χ0) is 13.5. The molecule has 3 rings (SSSR count). The fourth-order valence-corrected chi connectivity index (χ4v) is 4.03. The molecule has 0 amide bonds. The Morgan fingerprint density at radius 1 is 1.37 bits per heavy atom. The molecule has 0 radical (unpaired) electrons. The summed E-state index contributed by atoms with van der Waals surface area (Å²) < 4.78 is 1.19. The molecule has 0 spiro atoms. The quantitative estimate of drug-likeness (QED) is 0.864. The average Bonchev–Trinajstić information content (AvgIpc) is 3.02. The van der Waals surface area contributed by atoms with Crippen LogP contribution >= 0.6 is 11.3 Å². The Balaban J connectivity index is 1.89. The lowest BCUT2D eigenvalue weighted by molar-refractivity contribution is 0.301. The lowest BCUT2D eigenvalue weighted by Crippen LogP contribution is -2.25. The van der Waals surface area contributed by atoms with E-state index in [0.29, 0.717) is 5.41 Å². The average molecular weight is 275 g/mol. The third kappa shape index (κ3) is 2.18. The van der Waals surface area contributed by atoms with Crippen molar-refractivity contribution in [3.63, 3.8) is 0 Å². The number of benzene rings is 1. The van der Waals surface area contributed by atoms with E-state index >= 15 is 0 Å². The maximum Gasteiger partial charge on any atom is 0.186 e. The van der Waals surface area contributed by atoms with E-state index in [1.807, 2.05) is 18.2 Å². The molecular weight excluding hydrogens is 254 g/mol. The highest BCUT2D eigenvalue weighted by Crippen LogP contribution is 2.41. The van der Waals surface area contributed by atoms with Crippen LogP contribution in [0.5, 0.6) is 0 Å². The van der Waals surface area contributed by atoms with E-state index in [0.717, 1.165) is 29.4 Å². The van der Waals surface area contributed by atoms with Gasteiger partial charge in [0.15, 0.2) is 5.13 Å². The Labute approximate surface area is 118 Å². The minimum absolute atomic E-state index is 0.497. The molecule has 102 valence electrons. The van der Waals surface area contributed by atoms with Gasteiger partial charge in [0, 0.05) is 18.8 Å². The summed E-state index contributed by atoms with van der Waals surface area (Å²) in [6, 6.07) is 5.98. The Bertz CT molecular complexity index is 586. The van der Waals surface area contributed by atoms with Gasteiger partial charge in [-0.1, -0.05) is 25.2 Å². The second-order valence-electron chi connectivity index (χ2n) is 5.60. The first-order chi connectivity index (χ1) is 9.15. The van der Waals surface area contributed by atoms with Crippen molar-refractivity contribution in [2.45, 2.75) is 33.1 Å². The van der Waals surface area contributed by atoms with E-state index in [9.17, 15) is 0 Å². The van der Waals surface area contributed by atoms with Gasteiger partial charge in [-0.15, -0.1) is 0 Å². The zero-order valence-electron chi connectivity index (χ0n) is 11.6. The summed E-state index contributed by atoms with van der Waals surface area (Å²) >= 11 is 1.77. The summed E-state index contributed by atoms with van der Waals surface area (Å²) in [5, 5.41) is 1.16. The number of fused-ring (bicyclic) bond motifs is 1. The molecule has 3 nitrogen and oxygen atoms in total. The molecule has 1 saturated heterocycles. The molecule has 19 heavy (non-hydrogen) atoms. The van der Waals surface area contributed by atoms with Gasteiger partial charge in [-0.3, -0.25) is 0 Å². The molecule has 0 bridgehead atoms. The lowest BCUT2D eigenvalue weighted by atomic mass is 9.82. The number of anilines is 2. The van der Waals surface area contributed by atoms with E-state index in [1.54, 1.807) is 11.3 Å². The van der Waals surface area contributed by atoms with Crippen LogP contribution in [0.4, 0.5) is 10.8 Å². The maximum atomic E-state index is 5.84. The third-order valence-corrected chi connectivity index (χ3v) is 5.69. The van der Waals surface area contributed by atoms with Crippen LogP contribution in [0.15, 0.2) is 18.2 Å². The molecule has 1 fully saturated rings. The molecule has 0 saturated carbocycles. The largest absolute Gasteiger partial charge is 0.399 e. The first-order valence-electron chi connectivity index (χ1n) is 7.07. The minimum Gasteiger partial charge on any atom is -0.399 e. The Kier molecular flexibility index (Phi) is 3.13. The van der Waals surface area contributed by atoms with Crippen LogP contribution < -0.4 is 10.6 Å². The fourth-order valence-electron chi connectivity index (χ4n) is 2.99. The van der Waals surface area contributed by atoms with Crippen molar-refractivity contribution >= 4 is 32.4 Å². The molecule has 1 aromatic carbocycles.